The van der Waals surface area contributed by atoms with Crippen molar-refractivity contribution >= 4 is 5.82 Å². The molecule has 1 aromatic heterocycles. The van der Waals surface area contributed by atoms with E-state index in [1.54, 1.807) is 6.07 Å². The van der Waals surface area contributed by atoms with Crippen LogP contribution in [0.2, 0.25) is 0 Å². The lowest BCUT2D eigenvalue weighted by molar-refractivity contribution is -0.136. The van der Waals surface area contributed by atoms with E-state index >= 15 is 0 Å². The second kappa shape index (κ2) is 6.16. The van der Waals surface area contributed by atoms with E-state index in [4.69, 9.17) is 14.2 Å². The van der Waals surface area contributed by atoms with Crippen LogP contribution in [0.15, 0.2) is 12.4 Å². The zero-order valence-electron chi connectivity index (χ0n) is 11.7. The standard InChI is InChI=1S/C13H21N3O3/c1-4-5-17-12-6-11(15-9-16-12)14-7-10-8-18-13(2,3)19-10/h6,9-10H,4-5,7-8H2,1-3H3,(H,14,15,16). The summed E-state index contributed by atoms with van der Waals surface area (Å²) in [6.07, 6.45) is 2.48. The summed E-state index contributed by atoms with van der Waals surface area (Å²) in [5.41, 5.74) is 0. The maximum absolute atomic E-state index is 5.71. The quantitative estimate of drug-likeness (QED) is 0.848. The first-order valence-corrected chi connectivity index (χ1v) is 6.59. The lowest BCUT2D eigenvalue weighted by Gasteiger charge is -2.17. The van der Waals surface area contributed by atoms with E-state index in [-0.39, 0.29) is 6.10 Å². The van der Waals surface area contributed by atoms with Crippen molar-refractivity contribution in [2.24, 2.45) is 0 Å². The minimum Gasteiger partial charge on any atom is -0.478 e. The Morgan fingerprint density at radius 2 is 2.32 bits per heavy atom. The second-order valence-electron chi connectivity index (χ2n) is 4.92. The van der Waals surface area contributed by atoms with Crippen LogP contribution in [0.4, 0.5) is 5.82 Å². The summed E-state index contributed by atoms with van der Waals surface area (Å²) in [5, 5.41) is 3.21. The molecule has 1 unspecified atom stereocenters. The normalized spacial score (nSPS) is 21.3. The highest BCUT2D eigenvalue weighted by Crippen LogP contribution is 2.22. The largest absolute Gasteiger partial charge is 0.478 e. The number of ether oxygens (including phenoxy) is 3. The molecular weight excluding hydrogens is 246 g/mol. The van der Waals surface area contributed by atoms with Gasteiger partial charge in [-0.15, -0.1) is 0 Å². The lowest BCUT2D eigenvalue weighted by atomic mass is 10.3. The molecule has 19 heavy (non-hydrogen) atoms. The van der Waals surface area contributed by atoms with Crippen LogP contribution in [0.25, 0.3) is 0 Å². The van der Waals surface area contributed by atoms with Gasteiger partial charge in [-0.2, -0.15) is 0 Å². The Labute approximate surface area is 113 Å². The van der Waals surface area contributed by atoms with Crippen LogP contribution < -0.4 is 10.1 Å². The van der Waals surface area contributed by atoms with Crippen molar-refractivity contribution in [3.63, 3.8) is 0 Å². The molecule has 0 saturated carbocycles. The van der Waals surface area contributed by atoms with Crippen LogP contribution in [-0.4, -0.2) is 41.6 Å². The monoisotopic (exact) mass is 267 g/mol. The number of aromatic nitrogens is 2. The molecule has 6 heteroatoms. The van der Waals surface area contributed by atoms with Crippen molar-refractivity contribution in [3.05, 3.63) is 12.4 Å². The van der Waals surface area contributed by atoms with Crippen molar-refractivity contribution < 1.29 is 14.2 Å². The maximum Gasteiger partial charge on any atom is 0.218 e. The van der Waals surface area contributed by atoms with Crippen molar-refractivity contribution in [2.45, 2.75) is 39.1 Å². The van der Waals surface area contributed by atoms with Crippen molar-refractivity contribution in [2.75, 3.05) is 25.1 Å². The summed E-state index contributed by atoms with van der Waals surface area (Å²) in [6, 6.07) is 1.79. The molecule has 106 valence electrons. The average Bonchev–Trinajstić information content (AvgIpc) is 2.74. The molecule has 0 bridgehead atoms. The molecule has 1 saturated heterocycles. The fraction of sp³-hybridized carbons (Fsp3) is 0.692. The van der Waals surface area contributed by atoms with Crippen LogP contribution in [0.5, 0.6) is 5.88 Å². The number of rotatable bonds is 6. The summed E-state index contributed by atoms with van der Waals surface area (Å²) >= 11 is 0. The molecule has 6 nitrogen and oxygen atoms in total. The average molecular weight is 267 g/mol. The van der Waals surface area contributed by atoms with Gasteiger partial charge in [-0.05, 0) is 20.3 Å². The van der Waals surface area contributed by atoms with E-state index in [0.717, 1.165) is 12.2 Å². The zero-order chi connectivity index (χ0) is 13.7. The molecule has 0 aromatic carbocycles. The van der Waals surface area contributed by atoms with E-state index in [1.807, 2.05) is 13.8 Å². The highest BCUT2D eigenvalue weighted by molar-refractivity contribution is 5.37. The van der Waals surface area contributed by atoms with Crippen LogP contribution in [0.3, 0.4) is 0 Å². The first kappa shape index (κ1) is 14.0. The summed E-state index contributed by atoms with van der Waals surface area (Å²) in [7, 11) is 0. The molecule has 1 aliphatic rings. The molecular formula is C13H21N3O3. The maximum atomic E-state index is 5.71. The topological polar surface area (TPSA) is 65.5 Å². The summed E-state index contributed by atoms with van der Waals surface area (Å²) < 4.78 is 16.7. The van der Waals surface area contributed by atoms with Gasteiger partial charge in [-0.3, -0.25) is 0 Å². The van der Waals surface area contributed by atoms with Crippen LogP contribution >= 0.6 is 0 Å². The van der Waals surface area contributed by atoms with E-state index in [9.17, 15) is 0 Å². The number of anilines is 1. The first-order chi connectivity index (χ1) is 9.09. The molecule has 1 N–H and O–H groups in total. The minimum atomic E-state index is -0.493. The Balaban J connectivity index is 1.82. The third-order valence-corrected chi connectivity index (χ3v) is 2.67. The molecule has 2 heterocycles. The van der Waals surface area contributed by atoms with Gasteiger partial charge in [0.25, 0.3) is 0 Å². The van der Waals surface area contributed by atoms with Crippen molar-refractivity contribution in [1.82, 2.24) is 9.97 Å². The smallest absolute Gasteiger partial charge is 0.218 e. The highest BCUT2D eigenvalue weighted by Gasteiger charge is 2.32. The Morgan fingerprint density at radius 1 is 1.47 bits per heavy atom. The SMILES string of the molecule is CCCOc1cc(NCC2COC(C)(C)O2)ncn1. The molecule has 0 amide bonds. The zero-order valence-corrected chi connectivity index (χ0v) is 11.7. The van der Waals surface area contributed by atoms with Gasteiger partial charge in [0.15, 0.2) is 5.79 Å². The van der Waals surface area contributed by atoms with Gasteiger partial charge in [0.2, 0.25) is 5.88 Å². The fourth-order valence-electron chi connectivity index (χ4n) is 1.80. The van der Waals surface area contributed by atoms with Crippen LogP contribution in [0.1, 0.15) is 27.2 Å². The molecule has 1 atom stereocenters. The Morgan fingerprint density at radius 3 is 3.00 bits per heavy atom. The highest BCUT2D eigenvalue weighted by atomic mass is 16.7. The van der Waals surface area contributed by atoms with E-state index in [0.29, 0.717) is 25.6 Å². The molecule has 0 radical (unpaired) electrons. The molecule has 1 aromatic rings. The second-order valence-corrected chi connectivity index (χ2v) is 4.92. The van der Waals surface area contributed by atoms with Gasteiger partial charge in [0.1, 0.15) is 18.2 Å². The Hall–Kier alpha value is -1.40. The predicted octanol–water partition coefficient (Wildman–Crippen LogP) is 1.83. The third kappa shape index (κ3) is 4.33. The van der Waals surface area contributed by atoms with Crippen LogP contribution in [-0.2, 0) is 9.47 Å². The van der Waals surface area contributed by atoms with Crippen molar-refractivity contribution in [3.8, 4) is 5.88 Å². The lowest BCUT2D eigenvalue weighted by Crippen LogP contribution is -2.26. The summed E-state index contributed by atoms with van der Waals surface area (Å²) in [5.74, 6) is 0.825. The predicted molar refractivity (Wildman–Crippen MR) is 71.2 cm³/mol. The van der Waals surface area contributed by atoms with E-state index < -0.39 is 5.79 Å². The Kier molecular flexibility index (Phi) is 4.55. The van der Waals surface area contributed by atoms with E-state index in [1.165, 1.54) is 6.33 Å². The van der Waals surface area contributed by atoms with Crippen molar-refractivity contribution in [1.29, 1.82) is 0 Å². The summed E-state index contributed by atoms with van der Waals surface area (Å²) in [4.78, 5) is 8.20. The van der Waals surface area contributed by atoms with Crippen LogP contribution in [0, 0.1) is 0 Å². The number of nitrogens with zero attached hydrogens (tertiary/aromatic N) is 2. The van der Waals surface area contributed by atoms with Gasteiger partial charge in [-0.25, -0.2) is 9.97 Å². The van der Waals surface area contributed by atoms with Gasteiger partial charge >= 0.3 is 0 Å². The molecule has 1 aliphatic heterocycles. The van der Waals surface area contributed by atoms with Gasteiger partial charge in [0.05, 0.1) is 13.2 Å². The van der Waals surface area contributed by atoms with E-state index in [2.05, 4.69) is 22.2 Å². The molecule has 1 fully saturated rings. The van der Waals surface area contributed by atoms with Gasteiger partial charge < -0.3 is 19.5 Å². The number of nitrogens with one attached hydrogen (secondary N) is 1. The number of hydrogen-bond donors (Lipinski definition) is 1. The Bertz CT molecular complexity index is 412. The van der Waals surface area contributed by atoms with Gasteiger partial charge in [-0.1, -0.05) is 6.92 Å². The third-order valence-electron chi connectivity index (χ3n) is 2.67. The molecule has 0 aliphatic carbocycles. The molecule has 0 spiro atoms. The fourth-order valence-corrected chi connectivity index (χ4v) is 1.80. The van der Waals surface area contributed by atoms with Gasteiger partial charge in [0, 0.05) is 12.6 Å². The molecule has 2 rings (SSSR count). The minimum absolute atomic E-state index is 0.0324. The summed E-state index contributed by atoms with van der Waals surface area (Å²) in [6.45, 7) is 7.77. The number of hydrogen-bond acceptors (Lipinski definition) is 6. The first-order valence-electron chi connectivity index (χ1n) is 6.59.